The van der Waals surface area contributed by atoms with Gasteiger partial charge in [0.25, 0.3) is 5.91 Å². The van der Waals surface area contributed by atoms with E-state index in [1.807, 2.05) is 75.4 Å². The second-order valence-electron chi connectivity index (χ2n) is 8.21. The number of amides is 2. The van der Waals surface area contributed by atoms with Gasteiger partial charge in [-0.3, -0.25) is 9.69 Å². The molecule has 2 aromatic rings. The van der Waals surface area contributed by atoms with Gasteiger partial charge in [-0.25, -0.2) is 4.79 Å². The number of benzene rings is 2. The Bertz CT molecular complexity index is 901. The highest BCUT2D eigenvalue weighted by molar-refractivity contribution is 5.88. The van der Waals surface area contributed by atoms with Crippen LogP contribution in [0, 0.1) is 0 Å². The van der Waals surface area contributed by atoms with Crippen molar-refractivity contribution < 1.29 is 19.1 Å². The Kier molecular flexibility index (Phi) is 6.45. The Morgan fingerprint density at radius 3 is 2.23 bits per heavy atom. The number of nitrogens with zero attached hydrogens (tertiary/aromatic N) is 2. The molecule has 1 atom stereocenters. The van der Waals surface area contributed by atoms with Gasteiger partial charge in [-0.15, -0.1) is 0 Å². The van der Waals surface area contributed by atoms with Crippen molar-refractivity contribution in [2.75, 3.05) is 7.11 Å². The van der Waals surface area contributed by atoms with Gasteiger partial charge in [0.15, 0.2) is 0 Å². The summed E-state index contributed by atoms with van der Waals surface area (Å²) in [5, 5.41) is 0. The van der Waals surface area contributed by atoms with E-state index in [1.165, 1.54) is 4.90 Å². The van der Waals surface area contributed by atoms with Gasteiger partial charge in [-0.05, 0) is 44.0 Å². The zero-order valence-electron chi connectivity index (χ0n) is 17.9. The third-order valence-electron chi connectivity index (χ3n) is 4.70. The van der Waals surface area contributed by atoms with Gasteiger partial charge >= 0.3 is 6.09 Å². The van der Waals surface area contributed by atoms with E-state index in [4.69, 9.17) is 9.47 Å². The van der Waals surface area contributed by atoms with Crippen LogP contribution >= 0.6 is 0 Å². The average molecular weight is 408 g/mol. The van der Waals surface area contributed by atoms with Gasteiger partial charge in [0.2, 0.25) is 0 Å². The molecule has 1 aliphatic heterocycles. The normalized spacial score (nSPS) is 16.5. The Morgan fingerprint density at radius 1 is 0.967 bits per heavy atom. The molecule has 6 heteroatoms. The van der Waals surface area contributed by atoms with Crippen LogP contribution in [0.2, 0.25) is 0 Å². The highest BCUT2D eigenvalue weighted by Gasteiger charge is 2.37. The topological polar surface area (TPSA) is 59.1 Å². The van der Waals surface area contributed by atoms with Crippen molar-refractivity contribution in [3.63, 3.8) is 0 Å². The van der Waals surface area contributed by atoms with Crippen molar-refractivity contribution in [2.45, 2.75) is 45.4 Å². The van der Waals surface area contributed by atoms with E-state index < -0.39 is 17.7 Å². The van der Waals surface area contributed by atoms with Crippen LogP contribution in [0.3, 0.4) is 0 Å². The molecule has 1 heterocycles. The number of ether oxygens (including phenoxy) is 2. The van der Waals surface area contributed by atoms with E-state index in [0.29, 0.717) is 13.0 Å². The first-order valence-corrected chi connectivity index (χ1v) is 9.94. The Hall–Kier alpha value is -3.28. The number of hydrogen-bond donors (Lipinski definition) is 0. The average Bonchev–Trinajstić information content (AvgIpc) is 2.71. The molecule has 2 aromatic carbocycles. The van der Waals surface area contributed by atoms with Crippen molar-refractivity contribution in [3.05, 3.63) is 78.1 Å². The fourth-order valence-electron chi connectivity index (χ4n) is 3.22. The van der Waals surface area contributed by atoms with E-state index in [1.54, 1.807) is 24.4 Å². The fraction of sp³-hybridized carbons (Fsp3) is 0.333. The predicted octanol–water partition coefficient (Wildman–Crippen LogP) is 4.36. The van der Waals surface area contributed by atoms with Gasteiger partial charge in [0.1, 0.15) is 17.4 Å². The maximum Gasteiger partial charge on any atom is 0.415 e. The lowest BCUT2D eigenvalue weighted by Gasteiger charge is -2.36. The van der Waals surface area contributed by atoms with Crippen LogP contribution in [0.15, 0.2) is 67.0 Å². The molecule has 0 aliphatic carbocycles. The molecule has 0 saturated carbocycles. The molecule has 0 N–H and O–H groups in total. The summed E-state index contributed by atoms with van der Waals surface area (Å²) in [7, 11) is 1.62. The van der Waals surface area contributed by atoms with E-state index in [-0.39, 0.29) is 5.91 Å². The molecule has 0 unspecified atom stereocenters. The minimum absolute atomic E-state index is 0.150. The van der Waals surface area contributed by atoms with Crippen molar-refractivity contribution in [2.24, 2.45) is 0 Å². The lowest BCUT2D eigenvalue weighted by atomic mass is 10.0. The van der Waals surface area contributed by atoms with Crippen LogP contribution in [-0.4, -0.2) is 40.6 Å². The number of carbonyl (C=O) groups excluding carboxylic acids is 2. The van der Waals surface area contributed by atoms with Crippen LogP contribution in [-0.2, 0) is 22.5 Å². The highest BCUT2D eigenvalue weighted by atomic mass is 16.6. The third-order valence-corrected chi connectivity index (χ3v) is 4.70. The fourth-order valence-corrected chi connectivity index (χ4v) is 3.22. The quantitative estimate of drug-likeness (QED) is 0.738. The summed E-state index contributed by atoms with van der Waals surface area (Å²) >= 11 is 0. The van der Waals surface area contributed by atoms with Crippen molar-refractivity contribution >= 4 is 12.0 Å². The molecule has 0 bridgehead atoms. The summed E-state index contributed by atoms with van der Waals surface area (Å²) in [5.74, 6) is 0.611. The second kappa shape index (κ2) is 9.03. The molecule has 0 fully saturated rings. The molecular formula is C24H28N2O4. The van der Waals surface area contributed by atoms with Crippen LogP contribution in [0.5, 0.6) is 5.75 Å². The summed E-state index contributed by atoms with van der Waals surface area (Å²) in [4.78, 5) is 29.1. The standard InChI is InChI=1S/C24H28N2O4/c1-24(2,3)30-23(28)26-15-14-25(17-19-10-12-20(29-4)13-11-19)22(27)21(26)16-18-8-6-5-7-9-18/h5-15,21H,16-17H2,1-4H3/t21-/m0/s1. The molecule has 6 nitrogen and oxygen atoms in total. The summed E-state index contributed by atoms with van der Waals surface area (Å²) in [6.07, 6.45) is 3.14. The maximum atomic E-state index is 13.3. The lowest BCUT2D eigenvalue weighted by molar-refractivity contribution is -0.135. The Morgan fingerprint density at radius 2 is 1.63 bits per heavy atom. The number of hydrogen-bond acceptors (Lipinski definition) is 4. The van der Waals surface area contributed by atoms with Crippen LogP contribution in [0.25, 0.3) is 0 Å². The van der Waals surface area contributed by atoms with E-state index >= 15 is 0 Å². The predicted molar refractivity (Wildman–Crippen MR) is 115 cm³/mol. The Labute approximate surface area is 177 Å². The van der Waals surface area contributed by atoms with Gasteiger partial charge in [-0.2, -0.15) is 0 Å². The smallest absolute Gasteiger partial charge is 0.415 e. The molecule has 3 rings (SSSR count). The molecular weight excluding hydrogens is 380 g/mol. The zero-order valence-corrected chi connectivity index (χ0v) is 17.9. The summed E-state index contributed by atoms with van der Waals surface area (Å²) in [6, 6.07) is 16.6. The second-order valence-corrected chi connectivity index (χ2v) is 8.21. The third kappa shape index (κ3) is 5.41. The van der Waals surface area contributed by atoms with Gasteiger partial charge in [0, 0.05) is 18.8 Å². The molecule has 1 aliphatic rings. The first-order valence-electron chi connectivity index (χ1n) is 9.94. The largest absolute Gasteiger partial charge is 0.497 e. The molecule has 2 amide bonds. The first kappa shape index (κ1) is 21.4. The molecule has 0 saturated heterocycles. The molecule has 0 spiro atoms. The van der Waals surface area contributed by atoms with Crippen LogP contribution in [0.4, 0.5) is 4.79 Å². The Balaban J connectivity index is 1.84. The van der Waals surface area contributed by atoms with Gasteiger partial charge in [-0.1, -0.05) is 42.5 Å². The van der Waals surface area contributed by atoms with Crippen molar-refractivity contribution in [1.29, 1.82) is 0 Å². The first-order chi connectivity index (χ1) is 14.3. The zero-order chi connectivity index (χ0) is 21.7. The SMILES string of the molecule is COc1ccc(CN2C=CN(C(=O)OC(C)(C)C)[C@@H](Cc3ccccc3)C2=O)cc1. The number of carbonyl (C=O) groups is 2. The van der Waals surface area contributed by atoms with Crippen LogP contribution in [0.1, 0.15) is 31.9 Å². The molecule has 30 heavy (non-hydrogen) atoms. The minimum atomic E-state index is -0.675. The minimum Gasteiger partial charge on any atom is -0.497 e. The van der Waals surface area contributed by atoms with E-state index in [9.17, 15) is 9.59 Å². The van der Waals surface area contributed by atoms with Gasteiger partial charge in [0.05, 0.1) is 13.7 Å². The van der Waals surface area contributed by atoms with Crippen LogP contribution < -0.4 is 4.74 Å². The molecule has 0 aromatic heterocycles. The maximum absolute atomic E-state index is 13.3. The summed E-state index contributed by atoms with van der Waals surface area (Å²) < 4.78 is 10.7. The molecule has 158 valence electrons. The lowest BCUT2D eigenvalue weighted by Crippen LogP contribution is -2.52. The molecule has 0 radical (unpaired) electrons. The van der Waals surface area contributed by atoms with Gasteiger partial charge < -0.3 is 14.4 Å². The highest BCUT2D eigenvalue weighted by Crippen LogP contribution is 2.23. The summed E-state index contributed by atoms with van der Waals surface area (Å²) in [6.45, 7) is 5.83. The van der Waals surface area contributed by atoms with E-state index in [2.05, 4.69) is 0 Å². The van der Waals surface area contributed by atoms with Crippen molar-refractivity contribution in [3.8, 4) is 5.75 Å². The number of rotatable bonds is 5. The summed E-state index contributed by atoms with van der Waals surface area (Å²) in [5.41, 5.74) is 1.30. The van der Waals surface area contributed by atoms with Crippen molar-refractivity contribution in [1.82, 2.24) is 9.80 Å². The van der Waals surface area contributed by atoms with E-state index in [0.717, 1.165) is 16.9 Å². The number of methoxy groups -OCH3 is 1. The monoisotopic (exact) mass is 408 g/mol.